The Morgan fingerprint density at radius 1 is 1.19 bits per heavy atom. The van der Waals surface area contributed by atoms with E-state index in [9.17, 15) is 18.0 Å². The van der Waals surface area contributed by atoms with E-state index in [1.807, 2.05) is 0 Å². The van der Waals surface area contributed by atoms with E-state index in [0.29, 0.717) is 11.3 Å². The molecule has 3 aromatic rings. The summed E-state index contributed by atoms with van der Waals surface area (Å²) in [6.45, 7) is -0.0680. The number of carbonyl (C=O) groups excluding carboxylic acids is 1. The summed E-state index contributed by atoms with van der Waals surface area (Å²) >= 11 is 5.53. The summed E-state index contributed by atoms with van der Waals surface area (Å²) in [5.74, 6) is 0. The molecule has 0 saturated carbocycles. The van der Waals surface area contributed by atoms with Crippen molar-refractivity contribution in [3.63, 3.8) is 0 Å². The Morgan fingerprint density at radius 2 is 1.93 bits per heavy atom. The zero-order valence-corrected chi connectivity index (χ0v) is 14.2. The van der Waals surface area contributed by atoms with Gasteiger partial charge in [-0.1, -0.05) is 23.7 Å². The second-order valence-corrected chi connectivity index (χ2v) is 5.72. The second kappa shape index (κ2) is 7.62. The molecule has 0 unspecified atom stereocenters. The number of halogens is 4. The van der Waals surface area contributed by atoms with Gasteiger partial charge < -0.3 is 4.74 Å². The summed E-state index contributed by atoms with van der Waals surface area (Å²) in [5.41, 5.74) is 0.272. The maximum Gasteiger partial charge on any atom is 0.417 e. The molecule has 3 rings (SSSR count). The molecular weight excluding hydrogens is 387 g/mol. The number of anilines is 1. The van der Waals surface area contributed by atoms with Crippen LogP contribution in [0.3, 0.4) is 0 Å². The lowest BCUT2D eigenvalue weighted by atomic mass is 10.2. The Balaban J connectivity index is 1.58. The molecule has 11 heteroatoms. The Hall–Kier alpha value is -3.14. The first-order valence-electron chi connectivity index (χ1n) is 7.46. The van der Waals surface area contributed by atoms with Crippen LogP contribution in [0.2, 0.25) is 5.02 Å². The number of benzene rings is 2. The van der Waals surface area contributed by atoms with Gasteiger partial charge in [0.2, 0.25) is 0 Å². The maximum atomic E-state index is 12.8. The van der Waals surface area contributed by atoms with E-state index in [4.69, 9.17) is 16.3 Å². The zero-order valence-electron chi connectivity index (χ0n) is 13.4. The number of carbonyl (C=O) groups is 1. The molecule has 0 aliphatic carbocycles. The highest BCUT2D eigenvalue weighted by Crippen LogP contribution is 2.36. The minimum absolute atomic E-state index is 0.0680. The average molecular weight is 398 g/mol. The molecule has 1 amide bonds. The normalized spacial score (nSPS) is 11.3. The molecular formula is C16H11ClF3N5O2. The fraction of sp³-hybridized carbons (Fsp3) is 0.125. The number of nitrogens with zero attached hydrogens (tertiary/aromatic N) is 4. The van der Waals surface area contributed by atoms with E-state index in [1.54, 1.807) is 24.3 Å². The number of nitrogens with one attached hydrogen (secondary N) is 1. The Kier molecular flexibility index (Phi) is 5.26. The van der Waals surface area contributed by atoms with Crippen LogP contribution in [0.5, 0.6) is 0 Å². The van der Waals surface area contributed by atoms with Crippen LogP contribution in [0.25, 0.3) is 5.69 Å². The summed E-state index contributed by atoms with van der Waals surface area (Å²) in [6.07, 6.45) is -4.09. The van der Waals surface area contributed by atoms with Crippen molar-refractivity contribution in [2.45, 2.75) is 12.8 Å². The molecule has 0 aliphatic rings. The van der Waals surface area contributed by atoms with E-state index in [0.717, 1.165) is 12.1 Å². The Labute approximate surface area is 155 Å². The summed E-state index contributed by atoms with van der Waals surface area (Å²) in [5, 5.41) is 12.6. The largest absolute Gasteiger partial charge is 0.444 e. The second-order valence-electron chi connectivity index (χ2n) is 5.31. The molecule has 0 atom stereocenters. The number of hydrogen-bond acceptors (Lipinski definition) is 5. The van der Waals surface area contributed by atoms with Gasteiger partial charge in [0.25, 0.3) is 0 Å². The lowest BCUT2D eigenvalue weighted by Gasteiger charge is -2.12. The monoisotopic (exact) mass is 397 g/mol. The zero-order chi connectivity index (χ0) is 19.4. The Morgan fingerprint density at radius 3 is 2.56 bits per heavy atom. The number of amides is 1. The van der Waals surface area contributed by atoms with Gasteiger partial charge in [-0.2, -0.15) is 13.2 Å². The van der Waals surface area contributed by atoms with Gasteiger partial charge in [0, 0.05) is 5.69 Å². The number of alkyl halides is 3. The fourth-order valence-electron chi connectivity index (χ4n) is 2.15. The minimum atomic E-state index is -4.62. The highest BCUT2D eigenvalue weighted by Gasteiger charge is 2.33. The van der Waals surface area contributed by atoms with Crippen molar-refractivity contribution in [3.8, 4) is 5.69 Å². The number of tetrazole rings is 1. The van der Waals surface area contributed by atoms with Gasteiger partial charge in [0.05, 0.1) is 16.3 Å². The summed E-state index contributed by atoms with van der Waals surface area (Å²) in [6, 6.07) is 9.90. The number of hydrogen-bond donors (Lipinski definition) is 1. The molecule has 0 fully saturated rings. The third kappa shape index (κ3) is 4.73. The molecule has 1 aromatic heterocycles. The number of rotatable bonds is 4. The fourth-order valence-corrected chi connectivity index (χ4v) is 2.37. The molecule has 27 heavy (non-hydrogen) atoms. The van der Waals surface area contributed by atoms with Crippen molar-refractivity contribution in [3.05, 3.63) is 64.9 Å². The van der Waals surface area contributed by atoms with Crippen LogP contribution in [0.15, 0.2) is 48.8 Å². The first-order valence-corrected chi connectivity index (χ1v) is 7.83. The van der Waals surface area contributed by atoms with E-state index in [2.05, 4.69) is 20.8 Å². The highest BCUT2D eigenvalue weighted by molar-refractivity contribution is 6.31. The van der Waals surface area contributed by atoms with Crippen molar-refractivity contribution in [2.75, 3.05) is 5.32 Å². The van der Waals surface area contributed by atoms with Crippen molar-refractivity contribution in [2.24, 2.45) is 0 Å². The predicted molar refractivity (Wildman–Crippen MR) is 89.4 cm³/mol. The molecule has 0 saturated heterocycles. The quantitative estimate of drug-likeness (QED) is 0.717. The van der Waals surface area contributed by atoms with Gasteiger partial charge in [0.15, 0.2) is 0 Å². The van der Waals surface area contributed by atoms with Crippen LogP contribution < -0.4 is 5.32 Å². The standard InChI is InChI=1S/C16H11ClF3N5O2/c17-14-6-3-11(7-13(14)16(18,19)20)22-15(26)27-8-10-1-4-12(5-2-10)25-9-21-23-24-25/h1-7,9H,8H2,(H,22,26). The van der Waals surface area contributed by atoms with Gasteiger partial charge in [-0.3, -0.25) is 5.32 Å². The number of ether oxygens (including phenoxy) is 1. The van der Waals surface area contributed by atoms with E-state index in [1.165, 1.54) is 17.1 Å². The van der Waals surface area contributed by atoms with Crippen LogP contribution in [-0.2, 0) is 17.5 Å². The first-order chi connectivity index (χ1) is 12.8. The SMILES string of the molecule is O=C(Nc1ccc(Cl)c(C(F)(F)F)c1)OCc1ccc(-n2cnnn2)cc1. The van der Waals surface area contributed by atoms with Crippen molar-refractivity contribution in [1.82, 2.24) is 20.2 Å². The molecule has 0 radical (unpaired) electrons. The lowest BCUT2D eigenvalue weighted by Crippen LogP contribution is -2.14. The number of aromatic nitrogens is 4. The molecule has 0 spiro atoms. The smallest absolute Gasteiger partial charge is 0.417 e. The maximum absolute atomic E-state index is 12.8. The predicted octanol–water partition coefficient (Wildman–Crippen LogP) is 4.08. The van der Waals surface area contributed by atoms with Gasteiger partial charge in [-0.15, -0.1) is 5.10 Å². The average Bonchev–Trinajstić information content (AvgIpc) is 3.16. The van der Waals surface area contributed by atoms with Crippen LogP contribution in [0.1, 0.15) is 11.1 Å². The van der Waals surface area contributed by atoms with Gasteiger partial charge in [-0.25, -0.2) is 9.48 Å². The molecule has 2 aromatic carbocycles. The lowest BCUT2D eigenvalue weighted by molar-refractivity contribution is -0.137. The van der Waals surface area contributed by atoms with E-state index >= 15 is 0 Å². The van der Waals surface area contributed by atoms with Crippen LogP contribution >= 0.6 is 11.6 Å². The van der Waals surface area contributed by atoms with Crippen molar-refractivity contribution < 1.29 is 22.7 Å². The molecule has 7 nitrogen and oxygen atoms in total. The summed E-state index contributed by atoms with van der Waals surface area (Å²) in [7, 11) is 0. The van der Waals surface area contributed by atoms with Crippen molar-refractivity contribution in [1.29, 1.82) is 0 Å². The van der Waals surface area contributed by atoms with Crippen LogP contribution in [0, 0.1) is 0 Å². The third-order valence-corrected chi connectivity index (χ3v) is 3.77. The van der Waals surface area contributed by atoms with Gasteiger partial charge in [0.1, 0.15) is 12.9 Å². The topological polar surface area (TPSA) is 81.9 Å². The molecule has 0 aliphatic heterocycles. The Bertz CT molecular complexity index is 930. The van der Waals surface area contributed by atoms with E-state index in [-0.39, 0.29) is 12.3 Å². The van der Waals surface area contributed by atoms with Crippen LogP contribution in [0.4, 0.5) is 23.7 Å². The van der Waals surface area contributed by atoms with Gasteiger partial charge in [-0.05, 0) is 46.3 Å². The molecule has 140 valence electrons. The third-order valence-electron chi connectivity index (χ3n) is 3.44. The minimum Gasteiger partial charge on any atom is -0.444 e. The molecule has 1 heterocycles. The van der Waals surface area contributed by atoms with E-state index < -0.39 is 22.9 Å². The molecule has 0 bridgehead atoms. The van der Waals surface area contributed by atoms with Crippen molar-refractivity contribution >= 4 is 23.4 Å². The van der Waals surface area contributed by atoms with Crippen LogP contribution in [-0.4, -0.2) is 26.3 Å². The summed E-state index contributed by atoms with van der Waals surface area (Å²) < 4.78 is 44.9. The molecule has 1 N–H and O–H groups in total. The highest BCUT2D eigenvalue weighted by atomic mass is 35.5. The summed E-state index contributed by atoms with van der Waals surface area (Å²) in [4.78, 5) is 11.8. The first kappa shape index (κ1) is 18.6. The van der Waals surface area contributed by atoms with Gasteiger partial charge >= 0.3 is 12.3 Å².